The van der Waals surface area contributed by atoms with Crippen LogP contribution in [0.2, 0.25) is 0 Å². The minimum absolute atomic E-state index is 0.190. The minimum Gasteiger partial charge on any atom is -0.280 e. The molecule has 0 atom stereocenters. The lowest BCUT2D eigenvalue weighted by Gasteiger charge is -2.31. The molecule has 0 unspecified atom stereocenters. The molecule has 31 heavy (non-hydrogen) atoms. The van der Waals surface area contributed by atoms with Crippen molar-refractivity contribution < 1.29 is 16.8 Å². The van der Waals surface area contributed by atoms with Gasteiger partial charge >= 0.3 is 0 Å². The Hall–Kier alpha value is -2.84. The van der Waals surface area contributed by atoms with Crippen molar-refractivity contribution in [3.05, 3.63) is 83.9 Å². The molecule has 6 nitrogen and oxygen atoms in total. The third-order valence-corrected chi connectivity index (χ3v) is 8.61. The van der Waals surface area contributed by atoms with E-state index in [2.05, 4.69) is 4.72 Å². The van der Waals surface area contributed by atoms with Crippen LogP contribution in [0, 0.1) is 0 Å². The number of benzene rings is 3. The SMILES string of the molecule is CCc1ccc(S(=O)(=O)Nc2ccc3c(c2)CCCN3S(=O)(=O)c2ccccc2)cc1. The Kier molecular flexibility index (Phi) is 5.77. The average molecular weight is 457 g/mol. The largest absolute Gasteiger partial charge is 0.280 e. The van der Waals surface area contributed by atoms with E-state index in [1.54, 1.807) is 72.8 Å². The lowest BCUT2D eigenvalue weighted by atomic mass is 10.0. The molecule has 162 valence electrons. The molecule has 0 aliphatic carbocycles. The maximum Gasteiger partial charge on any atom is 0.264 e. The summed E-state index contributed by atoms with van der Waals surface area (Å²) in [6, 6.07) is 20.1. The third-order valence-electron chi connectivity index (χ3n) is 5.38. The van der Waals surface area contributed by atoms with Gasteiger partial charge in [-0.3, -0.25) is 9.03 Å². The number of hydrogen-bond donors (Lipinski definition) is 1. The first-order valence-electron chi connectivity index (χ1n) is 10.1. The van der Waals surface area contributed by atoms with Crippen LogP contribution < -0.4 is 9.03 Å². The molecule has 3 aromatic rings. The zero-order valence-corrected chi connectivity index (χ0v) is 18.8. The molecule has 0 amide bonds. The first-order chi connectivity index (χ1) is 14.8. The van der Waals surface area contributed by atoms with E-state index >= 15 is 0 Å². The van der Waals surface area contributed by atoms with Gasteiger partial charge in [0.1, 0.15) is 0 Å². The average Bonchev–Trinajstić information content (AvgIpc) is 2.79. The smallest absolute Gasteiger partial charge is 0.264 e. The van der Waals surface area contributed by atoms with E-state index in [-0.39, 0.29) is 9.79 Å². The number of nitrogens with one attached hydrogen (secondary N) is 1. The Morgan fingerprint density at radius 1 is 0.871 bits per heavy atom. The van der Waals surface area contributed by atoms with Crippen molar-refractivity contribution in [3.63, 3.8) is 0 Å². The summed E-state index contributed by atoms with van der Waals surface area (Å²) >= 11 is 0. The van der Waals surface area contributed by atoms with Crippen LogP contribution in [0.25, 0.3) is 0 Å². The molecule has 0 saturated carbocycles. The van der Waals surface area contributed by atoms with Crippen LogP contribution in [0.15, 0.2) is 82.6 Å². The molecule has 1 aliphatic rings. The standard InChI is InChI=1S/C23H24N2O4S2/c1-2-18-10-13-21(14-11-18)30(26,27)24-20-12-15-23-19(17-20)7-6-16-25(23)31(28,29)22-8-4-3-5-9-22/h3-5,8-15,17,24H,2,6-7,16H2,1H3. The molecule has 0 fully saturated rings. The summed E-state index contributed by atoms with van der Waals surface area (Å²) in [7, 11) is -7.41. The number of rotatable bonds is 6. The van der Waals surface area contributed by atoms with Gasteiger partial charge in [0, 0.05) is 12.2 Å². The number of aryl methyl sites for hydroxylation is 2. The summed E-state index contributed by atoms with van der Waals surface area (Å²) in [5.41, 5.74) is 2.86. The molecule has 1 aliphatic heterocycles. The number of sulfonamides is 2. The molecule has 3 aromatic carbocycles. The molecule has 1 N–H and O–H groups in total. The molecule has 1 heterocycles. The van der Waals surface area contributed by atoms with E-state index in [1.807, 2.05) is 6.92 Å². The van der Waals surface area contributed by atoms with Gasteiger partial charge in [-0.15, -0.1) is 0 Å². The highest BCUT2D eigenvalue weighted by atomic mass is 32.2. The Labute approximate surface area is 183 Å². The van der Waals surface area contributed by atoms with Gasteiger partial charge in [0.2, 0.25) is 0 Å². The van der Waals surface area contributed by atoms with Crippen molar-refractivity contribution in [1.82, 2.24) is 0 Å². The second kappa shape index (κ2) is 8.36. The van der Waals surface area contributed by atoms with Crippen molar-refractivity contribution in [2.24, 2.45) is 0 Å². The van der Waals surface area contributed by atoms with Gasteiger partial charge in [-0.05, 0) is 72.9 Å². The van der Waals surface area contributed by atoms with Crippen molar-refractivity contribution in [1.29, 1.82) is 0 Å². The van der Waals surface area contributed by atoms with Crippen LogP contribution in [0.1, 0.15) is 24.5 Å². The van der Waals surface area contributed by atoms with E-state index in [9.17, 15) is 16.8 Å². The Bertz CT molecular complexity index is 1290. The fourth-order valence-electron chi connectivity index (χ4n) is 3.71. The predicted molar refractivity (Wildman–Crippen MR) is 122 cm³/mol. The van der Waals surface area contributed by atoms with E-state index < -0.39 is 20.0 Å². The van der Waals surface area contributed by atoms with Crippen molar-refractivity contribution >= 4 is 31.4 Å². The molecule has 8 heteroatoms. The molecular weight excluding hydrogens is 432 g/mol. The zero-order valence-electron chi connectivity index (χ0n) is 17.2. The van der Waals surface area contributed by atoms with E-state index in [4.69, 9.17) is 0 Å². The highest BCUT2D eigenvalue weighted by Gasteiger charge is 2.29. The van der Waals surface area contributed by atoms with E-state index in [0.717, 1.165) is 17.5 Å². The molecule has 0 saturated heterocycles. The van der Waals surface area contributed by atoms with Crippen LogP contribution in [0.5, 0.6) is 0 Å². The topological polar surface area (TPSA) is 83.6 Å². The van der Waals surface area contributed by atoms with Crippen LogP contribution in [0.3, 0.4) is 0 Å². The third kappa shape index (κ3) is 4.31. The lowest BCUT2D eigenvalue weighted by molar-refractivity contribution is 0.586. The first-order valence-corrected chi connectivity index (χ1v) is 13.1. The van der Waals surface area contributed by atoms with Gasteiger partial charge in [0.25, 0.3) is 20.0 Å². The van der Waals surface area contributed by atoms with Gasteiger partial charge in [0.05, 0.1) is 15.5 Å². The molecule has 0 aromatic heterocycles. The maximum atomic E-state index is 13.1. The summed E-state index contributed by atoms with van der Waals surface area (Å²) in [5, 5.41) is 0. The van der Waals surface area contributed by atoms with Crippen LogP contribution in [0.4, 0.5) is 11.4 Å². The fraction of sp³-hybridized carbons (Fsp3) is 0.217. The van der Waals surface area contributed by atoms with Gasteiger partial charge in [0.15, 0.2) is 0 Å². The normalized spacial score (nSPS) is 14.2. The number of nitrogens with zero attached hydrogens (tertiary/aromatic N) is 1. The maximum absolute atomic E-state index is 13.1. The fourth-order valence-corrected chi connectivity index (χ4v) is 6.33. The summed E-state index contributed by atoms with van der Waals surface area (Å²) in [6.07, 6.45) is 2.17. The summed E-state index contributed by atoms with van der Waals surface area (Å²) in [4.78, 5) is 0.429. The van der Waals surface area contributed by atoms with E-state index in [1.165, 1.54) is 4.31 Å². The predicted octanol–water partition coefficient (Wildman–Crippen LogP) is 4.19. The number of fused-ring (bicyclic) bond motifs is 1. The number of hydrogen-bond acceptors (Lipinski definition) is 4. The second-order valence-corrected chi connectivity index (χ2v) is 11.0. The summed E-state index contributed by atoms with van der Waals surface area (Å²) in [5.74, 6) is 0. The molecule has 0 spiro atoms. The van der Waals surface area contributed by atoms with Crippen molar-refractivity contribution in [2.75, 3.05) is 15.6 Å². The lowest BCUT2D eigenvalue weighted by Crippen LogP contribution is -2.35. The van der Waals surface area contributed by atoms with Crippen LogP contribution >= 0.6 is 0 Å². The minimum atomic E-state index is -3.73. The van der Waals surface area contributed by atoms with E-state index in [0.29, 0.717) is 30.8 Å². The number of anilines is 2. The monoisotopic (exact) mass is 456 g/mol. The highest BCUT2D eigenvalue weighted by molar-refractivity contribution is 7.93. The molecule has 0 bridgehead atoms. The van der Waals surface area contributed by atoms with Gasteiger partial charge in [-0.1, -0.05) is 37.3 Å². The van der Waals surface area contributed by atoms with Gasteiger partial charge < -0.3 is 0 Å². The Morgan fingerprint density at radius 2 is 1.58 bits per heavy atom. The Morgan fingerprint density at radius 3 is 2.26 bits per heavy atom. The molecule has 4 rings (SSSR count). The zero-order chi connectivity index (χ0) is 22.1. The van der Waals surface area contributed by atoms with Crippen molar-refractivity contribution in [3.8, 4) is 0 Å². The van der Waals surface area contributed by atoms with Gasteiger partial charge in [-0.25, -0.2) is 16.8 Å². The summed E-state index contributed by atoms with van der Waals surface area (Å²) < 4.78 is 55.8. The summed E-state index contributed by atoms with van der Waals surface area (Å²) in [6.45, 7) is 2.40. The van der Waals surface area contributed by atoms with Crippen LogP contribution in [-0.4, -0.2) is 23.4 Å². The van der Waals surface area contributed by atoms with Gasteiger partial charge in [-0.2, -0.15) is 0 Å². The Balaban J connectivity index is 1.63. The van der Waals surface area contributed by atoms with Crippen molar-refractivity contribution in [2.45, 2.75) is 36.0 Å². The van der Waals surface area contributed by atoms with Crippen LogP contribution in [-0.2, 0) is 32.9 Å². The molecular formula is C23H24N2O4S2. The first kappa shape index (κ1) is 21.4. The quantitative estimate of drug-likeness (QED) is 0.603. The highest BCUT2D eigenvalue weighted by Crippen LogP contribution is 2.34. The molecule has 0 radical (unpaired) electrons. The second-order valence-electron chi connectivity index (χ2n) is 7.44.